The zero-order valence-corrected chi connectivity index (χ0v) is 14.9. The molecule has 4 rings (SSSR count). The number of aromatic nitrogens is 2. The van der Waals surface area contributed by atoms with Crippen molar-refractivity contribution in [3.63, 3.8) is 0 Å². The summed E-state index contributed by atoms with van der Waals surface area (Å²) >= 11 is 0. The van der Waals surface area contributed by atoms with E-state index in [1.165, 1.54) is 25.0 Å². The highest BCUT2D eigenvalue weighted by Crippen LogP contribution is 2.40. The minimum atomic E-state index is -0.233. The lowest BCUT2D eigenvalue weighted by Crippen LogP contribution is -2.50. The molecule has 1 aromatic carbocycles. The normalized spacial score (nSPS) is 18.7. The summed E-state index contributed by atoms with van der Waals surface area (Å²) in [7, 11) is 0. The molecule has 1 unspecified atom stereocenters. The molecule has 1 aliphatic heterocycles. The van der Waals surface area contributed by atoms with Gasteiger partial charge in [0.15, 0.2) is 0 Å². The van der Waals surface area contributed by atoms with Gasteiger partial charge in [0.25, 0.3) is 0 Å². The van der Waals surface area contributed by atoms with Gasteiger partial charge in [-0.1, -0.05) is 0 Å². The van der Waals surface area contributed by atoms with Crippen LogP contribution in [0.4, 0.5) is 20.7 Å². The van der Waals surface area contributed by atoms with Gasteiger partial charge in [-0.2, -0.15) is 5.10 Å². The van der Waals surface area contributed by atoms with Crippen molar-refractivity contribution in [2.45, 2.75) is 25.8 Å². The lowest BCUT2D eigenvalue weighted by molar-refractivity contribution is 0.208. The summed E-state index contributed by atoms with van der Waals surface area (Å²) < 4.78 is 15.0. The molecular weight excluding hydrogens is 333 g/mol. The molecule has 26 heavy (non-hydrogen) atoms. The van der Waals surface area contributed by atoms with E-state index in [9.17, 15) is 9.18 Å². The van der Waals surface area contributed by atoms with E-state index in [0.717, 1.165) is 24.6 Å². The van der Waals surface area contributed by atoms with Crippen molar-refractivity contribution in [3.05, 3.63) is 42.3 Å². The average molecular weight is 357 g/mol. The summed E-state index contributed by atoms with van der Waals surface area (Å²) in [6, 6.07) is 8.58. The van der Waals surface area contributed by atoms with Crippen LogP contribution in [0, 0.1) is 11.7 Å². The van der Waals surface area contributed by atoms with Crippen LogP contribution in [0.1, 0.15) is 25.8 Å². The Labute approximate surface area is 152 Å². The summed E-state index contributed by atoms with van der Waals surface area (Å²) in [5.41, 5.74) is 0.989. The Balaban J connectivity index is 1.34. The third-order valence-electron chi connectivity index (χ3n) is 5.35. The van der Waals surface area contributed by atoms with Crippen LogP contribution in [0.15, 0.2) is 36.5 Å². The number of hydrogen-bond acceptors (Lipinski definition) is 3. The van der Waals surface area contributed by atoms with Crippen molar-refractivity contribution >= 4 is 17.5 Å². The molecule has 2 amide bonds. The highest BCUT2D eigenvalue weighted by atomic mass is 19.1. The summed E-state index contributed by atoms with van der Waals surface area (Å²) in [4.78, 5) is 16.6. The molecule has 1 saturated carbocycles. The summed E-state index contributed by atoms with van der Waals surface area (Å²) in [6.07, 6.45) is 4.21. The molecule has 0 spiro atoms. The van der Waals surface area contributed by atoms with Gasteiger partial charge in [-0.25, -0.2) is 13.9 Å². The van der Waals surface area contributed by atoms with E-state index in [1.54, 1.807) is 18.3 Å². The number of amides is 2. The largest absolute Gasteiger partial charge is 0.368 e. The number of carbonyl (C=O) groups is 1. The first-order valence-corrected chi connectivity index (χ1v) is 9.22. The summed E-state index contributed by atoms with van der Waals surface area (Å²) in [6.45, 7) is 4.89. The lowest BCUT2D eigenvalue weighted by atomic mass is 10.2. The maximum Gasteiger partial charge on any atom is 0.323 e. The van der Waals surface area contributed by atoms with Gasteiger partial charge in [0.2, 0.25) is 0 Å². The number of benzene rings is 1. The Morgan fingerprint density at radius 1 is 1.15 bits per heavy atom. The molecule has 2 aromatic rings. The first-order valence-electron chi connectivity index (χ1n) is 9.22. The zero-order chi connectivity index (χ0) is 18.1. The second-order valence-electron chi connectivity index (χ2n) is 7.12. The molecule has 1 aliphatic carbocycles. The molecular formula is C19H24FN5O. The van der Waals surface area contributed by atoms with E-state index in [-0.39, 0.29) is 11.8 Å². The molecule has 0 radical (unpaired) electrons. The second-order valence-corrected chi connectivity index (χ2v) is 7.12. The lowest BCUT2D eigenvalue weighted by Gasteiger charge is -2.36. The van der Waals surface area contributed by atoms with Crippen molar-refractivity contribution in [1.29, 1.82) is 0 Å². The number of piperazine rings is 1. The minimum absolute atomic E-state index is 0.0893. The third-order valence-corrected chi connectivity index (χ3v) is 5.35. The Morgan fingerprint density at radius 2 is 1.85 bits per heavy atom. The van der Waals surface area contributed by atoms with E-state index in [1.807, 2.05) is 15.6 Å². The van der Waals surface area contributed by atoms with E-state index in [0.29, 0.717) is 25.0 Å². The van der Waals surface area contributed by atoms with Crippen molar-refractivity contribution in [3.8, 4) is 0 Å². The number of anilines is 2. The van der Waals surface area contributed by atoms with Crippen LogP contribution in [-0.2, 0) is 0 Å². The average Bonchev–Trinajstić information content (AvgIpc) is 3.41. The highest BCUT2D eigenvalue weighted by Gasteiger charge is 2.31. The van der Waals surface area contributed by atoms with Gasteiger partial charge in [-0.3, -0.25) is 5.32 Å². The van der Waals surface area contributed by atoms with Crippen LogP contribution in [0.2, 0.25) is 0 Å². The van der Waals surface area contributed by atoms with Crippen molar-refractivity contribution in [2.24, 2.45) is 5.92 Å². The van der Waals surface area contributed by atoms with Gasteiger partial charge >= 0.3 is 6.03 Å². The third kappa shape index (κ3) is 3.52. The topological polar surface area (TPSA) is 53.4 Å². The Bertz CT molecular complexity index is 762. The van der Waals surface area contributed by atoms with Gasteiger partial charge in [0.1, 0.15) is 11.6 Å². The summed E-state index contributed by atoms with van der Waals surface area (Å²) in [5, 5.41) is 7.38. The van der Waals surface area contributed by atoms with E-state index in [4.69, 9.17) is 0 Å². The van der Waals surface area contributed by atoms with Crippen molar-refractivity contribution in [1.82, 2.24) is 14.7 Å². The van der Waals surface area contributed by atoms with Gasteiger partial charge in [0.05, 0.1) is 12.2 Å². The van der Waals surface area contributed by atoms with Gasteiger partial charge in [-0.05, 0) is 49.9 Å². The van der Waals surface area contributed by atoms with Gasteiger partial charge < -0.3 is 9.80 Å². The number of rotatable bonds is 4. The fraction of sp³-hybridized carbons (Fsp3) is 0.474. The number of nitrogens with zero attached hydrogens (tertiary/aromatic N) is 4. The number of nitrogens with one attached hydrogen (secondary N) is 1. The van der Waals surface area contributed by atoms with Crippen LogP contribution in [0.5, 0.6) is 0 Å². The standard InChI is InChI=1S/C19H24FN5O/c1-14(15-2-3-15)25-18(8-9-21-25)22-19(26)24-12-10-23(11-13-24)17-6-4-16(20)5-7-17/h4-9,14-15H,2-3,10-13H2,1H3,(H,22,26). The molecule has 138 valence electrons. The SMILES string of the molecule is CC(C1CC1)n1nccc1NC(=O)N1CCN(c2ccc(F)cc2)CC1. The smallest absolute Gasteiger partial charge is 0.323 e. The van der Waals surface area contributed by atoms with Crippen molar-refractivity contribution < 1.29 is 9.18 Å². The molecule has 0 bridgehead atoms. The quantitative estimate of drug-likeness (QED) is 0.913. The number of carbonyl (C=O) groups excluding carboxylic acids is 1. The molecule has 1 saturated heterocycles. The maximum absolute atomic E-state index is 13.1. The Hall–Kier alpha value is -2.57. The first kappa shape index (κ1) is 16.9. The summed E-state index contributed by atoms with van der Waals surface area (Å²) in [5.74, 6) is 1.20. The van der Waals surface area contributed by atoms with Crippen LogP contribution < -0.4 is 10.2 Å². The number of halogens is 1. The van der Waals surface area contributed by atoms with Crippen LogP contribution >= 0.6 is 0 Å². The maximum atomic E-state index is 13.1. The highest BCUT2D eigenvalue weighted by molar-refractivity contribution is 5.88. The predicted molar refractivity (Wildman–Crippen MR) is 98.9 cm³/mol. The fourth-order valence-electron chi connectivity index (χ4n) is 3.52. The Morgan fingerprint density at radius 3 is 2.50 bits per heavy atom. The van der Waals surface area contributed by atoms with Crippen LogP contribution in [0.25, 0.3) is 0 Å². The zero-order valence-electron chi connectivity index (χ0n) is 14.9. The molecule has 6 nitrogen and oxygen atoms in total. The Kier molecular flexibility index (Phi) is 4.53. The van der Waals surface area contributed by atoms with Gasteiger partial charge in [-0.15, -0.1) is 0 Å². The van der Waals surface area contributed by atoms with Gasteiger partial charge in [0, 0.05) is 37.9 Å². The number of hydrogen-bond donors (Lipinski definition) is 1. The monoisotopic (exact) mass is 357 g/mol. The molecule has 1 atom stereocenters. The van der Waals surface area contributed by atoms with E-state index < -0.39 is 0 Å². The van der Waals surface area contributed by atoms with E-state index >= 15 is 0 Å². The minimum Gasteiger partial charge on any atom is -0.368 e. The molecule has 1 N–H and O–H groups in total. The number of urea groups is 1. The second kappa shape index (κ2) is 6.97. The fourth-order valence-corrected chi connectivity index (χ4v) is 3.52. The molecule has 1 aromatic heterocycles. The molecule has 2 heterocycles. The van der Waals surface area contributed by atoms with Crippen LogP contribution in [-0.4, -0.2) is 46.9 Å². The van der Waals surface area contributed by atoms with Crippen molar-refractivity contribution in [2.75, 3.05) is 36.4 Å². The molecule has 2 fully saturated rings. The molecule has 7 heteroatoms. The van der Waals surface area contributed by atoms with E-state index in [2.05, 4.69) is 22.2 Å². The predicted octanol–water partition coefficient (Wildman–Crippen LogP) is 3.35. The molecule has 2 aliphatic rings. The first-order chi connectivity index (χ1) is 12.6. The van der Waals surface area contributed by atoms with Crippen LogP contribution in [0.3, 0.4) is 0 Å².